The van der Waals surface area contributed by atoms with Gasteiger partial charge in [0.25, 0.3) is 0 Å². The van der Waals surface area contributed by atoms with Crippen molar-refractivity contribution in [1.82, 2.24) is 14.8 Å². The highest BCUT2D eigenvalue weighted by molar-refractivity contribution is 6.23. The molecule has 0 radical (unpaired) electrons. The van der Waals surface area contributed by atoms with Crippen LogP contribution in [0.3, 0.4) is 0 Å². The van der Waals surface area contributed by atoms with Crippen molar-refractivity contribution in [3.63, 3.8) is 0 Å². The van der Waals surface area contributed by atoms with E-state index in [4.69, 9.17) is 16.3 Å². The Hall–Kier alpha value is -3.13. The van der Waals surface area contributed by atoms with E-state index >= 15 is 0 Å². The molecule has 0 aliphatic heterocycles. The van der Waals surface area contributed by atoms with E-state index in [9.17, 15) is 19.1 Å². The molecule has 0 saturated carbocycles. The van der Waals surface area contributed by atoms with Gasteiger partial charge in [0.05, 0.1) is 18.7 Å². The fourth-order valence-electron chi connectivity index (χ4n) is 2.12. The maximum absolute atomic E-state index is 14.1. The second-order valence-electron chi connectivity index (χ2n) is 4.94. The average molecular weight is 380 g/mol. The van der Waals surface area contributed by atoms with Gasteiger partial charge in [-0.05, 0) is 24.3 Å². The largest absolute Gasteiger partial charge is 0.496 e. The SMILES string of the molecule is C=C/C=C\C(F)=C(/CCl)c1nn(-c2ccc(OC)c(C(=O)O)c2)c(=O)[nH]1. The Morgan fingerprint density at radius 2 is 2.27 bits per heavy atom. The van der Waals surface area contributed by atoms with Crippen LogP contribution >= 0.6 is 11.6 Å². The van der Waals surface area contributed by atoms with Crippen LogP contribution in [0.1, 0.15) is 16.2 Å². The molecule has 1 aromatic carbocycles. The van der Waals surface area contributed by atoms with Crippen LogP contribution < -0.4 is 10.4 Å². The predicted molar refractivity (Wildman–Crippen MR) is 95.8 cm³/mol. The van der Waals surface area contributed by atoms with E-state index < -0.39 is 17.5 Å². The lowest BCUT2D eigenvalue weighted by atomic mass is 10.2. The van der Waals surface area contributed by atoms with Crippen molar-refractivity contribution in [2.45, 2.75) is 0 Å². The molecule has 26 heavy (non-hydrogen) atoms. The first kappa shape index (κ1) is 19.2. The normalized spacial score (nSPS) is 12.1. The molecule has 2 aromatic rings. The van der Waals surface area contributed by atoms with Crippen LogP contribution in [0.25, 0.3) is 11.3 Å². The van der Waals surface area contributed by atoms with E-state index in [-0.39, 0.29) is 34.3 Å². The quantitative estimate of drug-likeness (QED) is 0.569. The zero-order valence-corrected chi connectivity index (χ0v) is 14.5. The summed E-state index contributed by atoms with van der Waals surface area (Å²) >= 11 is 5.77. The first-order valence-corrected chi connectivity index (χ1v) is 7.81. The Morgan fingerprint density at radius 1 is 1.54 bits per heavy atom. The molecule has 0 aliphatic carbocycles. The lowest BCUT2D eigenvalue weighted by molar-refractivity contribution is 0.0693. The first-order chi connectivity index (χ1) is 12.4. The third kappa shape index (κ3) is 3.92. The number of carboxylic acid groups (broad SMARTS) is 1. The third-order valence-electron chi connectivity index (χ3n) is 3.36. The Kier molecular flexibility index (Phi) is 6.13. The molecule has 2 rings (SSSR count). The number of rotatable bonds is 7. The highest BCUT2D eigenvalue weighted by atomic mass is 35.5. The van der Waals surface area contributed by atoms with Crippen LogP contribution in [0.5, 0.6) is 5.75 Å². The van der Waals surface area contributed by atoms with Gasteiger partial charge in [0.2, 0.25) is 0 Å². The molecule has 1 aromatic heterocycles. The highest BCUT2D eigenvalue weighted by Crippen LogP contribution is 2.22. The Morgan fingerprint density at radius 3 is 2.85 bits per heavy atom. The van der Waals surface area contributed by atoms with Crippen molar-refractivity contribution in [3.05, 3.63) is 70.7 Å². The summed E-state index contributed by atoms with van der Waals surface area (Å²) in [5.74, 6) is -2.07. The van der Waals surface area contributed by atoms with Crippen LogP contribution in [0.15, 0.2) is 53.6 Å². The molecule has 0 atom stereocenters. The number of H-pyrrole nitrogens is 1. The summed E-state index contributed by atoms with van der Waals surface area (Å²) in [7, 11) is 1.33. The van der Waals surface area contributed by atoms with Crippen molar-refractivity contribution in [2.75, 3.05) is 13.0 Å². The zero-order valence-electron chi connectivity index (χ0n) is 13.7. The summed E-state index contributed by atoms with van der Waals surface area (Å²) < 4.78 is 20.0. The van der Waals surface area contributed by atoms with E-state index in [1.807, 2.05) is 0 Å². The van der Waals surface area contributed by atoms with Gasteiger partial charge in [-0.25, -0.2) is 14.0 Å². The number of carboxylic acids is 1. The monoisotopic (exact) mass is 379 g/mol. The van der Waals surface area contributed by atoms with Gasteiger partial charge in [0.1, 0.15) is 17.1 Å². The topological polar surface area (TPSA) is 97.2 Å². The van der Waals surface area contributed by atoms with Crippen molar-refractivity contribution in [1.29, 1.82) is 0 Å². The number of ether oxygens (including phenoxy) is 1. The first-order valence-electron chi connectivity index (χ1n) is 7.28. The molecule has 0 spiro atoms. The van der Waals surface area contributed by atoms with E-state index in [1.165, 1.54) is 37.5 Å². The fraction of sp³-hybridized carbons (Fsp3) is 0.118. The lowest BCUT2D eigenvalue weighted by Gasteiger charge is -2.07. The summed E-state index contributed by atoms with van der Waals surface area (Å²) in [5, 5.41) is 13.2. The van der Waals surface area contributed by atoms with Crippen LogP contribution in [0.2, 0.25) is 0 Å². The highest BCUT2D eigenvalue weighted by Gasteiger charge is 2.17. The molecule has 9 heteroatoms. The number of nitrogens with one attached hydrogen (secondary N) is 1. The number of allylic oxidation sites excluding steroid dienone is 5. The van der Waals surface area contributed by atoms with Gasteiger partial charge in [-0.15, -0.1) is 16.7 Å². The number of hydrogen-bond donors (Lipinski definition) is 2. The molecule has 0 amide bonds. The molecule has 136 valence electrons. The summed E-state index contributed by atoms with van der Waals surface area (Å²) in [4.78, 5) is 25.9. The molecule has 7 nitrogen and oxygen atoms in total. The molecular weight excluding hydrogens is 365 g/mol. The maximum Gasteiger partial charge on any atom is 0.348 e. The molecule has 0 unspecified atom stereocenters. The van der Waals surface area contributed by atoms with E-state index in [0.29, 0.717) is 0 Å². The van der Waals surface area contributed by atoms with Crippen LogP contribution in [0.4, 0.5) is 4.39 Å². The molecule has 0 saturated heterocycles. The zero-order chi connectivity index (χ0) is 19.3. The number of aromatic nitrogens is 3. The number of carbonyl (C=O) groups is 1. The minimum absolute atomic E-state index is 0.0208. The van der Waals surface area contributed by atoms with Crippen molar-refractivity contribution in [3.8, 4) is 11.4 Å². The molecule has 0 fully saturated rings. The van der Waals surface area contributed by atoms with Crippen LogP contribution in [-0.4, -0.2) is 38.8 Å². The van der Waals surface area contributed by atoms with Gasteiger partial charge in [0.15, 0.2) is 5.82 Å². The summed E-state index contributed by atoms with van der Waals surface area (Å²) in [6.45, 7) is 3.44. The summed E-state index contributed by atoms with van der Waals surface area (Å²) in [5.41, 5.74) is -0.668. The molecular formula is C17H15ClFN3O4. The Bertz CT molecular complexity index is 959. The van der Waals surface area contributed by atoms with Gasteiger partial charge in [-0.1, -0.05) is 18.7 Å². The minimum Gasteiger partial charge on any atom is -0.496 e. The maximum atomic E-state index is 14.1. The van der Waals surface area contributed by atoms with Gasteiger partial charge < -0.3 is 9.84 Å². The number of aromatic amines is 1. The number of aromatic carboxylic acids is 1. The van der Waals surface area contributed by atoms with Crippen molar-refractivity contribution in [2.24, 2.45) is 0 Å². The van der Waals surface area contributed by atoms with Crippen molar-refractivity contribution < 1.29 is 19.0 Å². The predicted octanol–water partition coefficient (Wildman–Crippen LogP) is 2.93. The van der Waals surface area contributed by atoms with Gasteiger partial charge in [-0.2, -0.15) is 4.68 Å². The van der Waals surface area contributed by atoms with E-state index in [1.54, 1.807) is 0 Å². The fourth-order valence-corrected chi connectivity index (χ4v) is 2.38. The number of methoxy groups -OCH3 is 1. The Labute approximate surface area is 152 Å². The number of alkyl halides is 1. The van der Waals surface area contributed by atoms with Crippen molar-refractivity contribution >= 4 is 23.1 Å². The average Bonchev–Trinajstić information content (AvgIpc) is 3.01. The number of hydrogen-bond acceptors (Lipinski definition) is 4. The molecule has 0 aliphatic rings. The molecule has 0 bridgehead atoms. The van der Waals surface area contributed by atoms with Gasteiger partial charge in [-0.3, -0.25) is 4.98 Å². The second kappa shape index (κ2) is 8.30. The number of nitrogens with zero attached hydrogens (tertiary/aromatic N) is 2. The van der Waals surface area contributed by atoms with E-state index in [2.05, 4.69) is 16.7 Å². The molecule has 2 N–H and O–H groups in total. The van der Waals surface area contributed by atoms with Gasteiger partial charge in [0, 0.05) is 5.57 Å². The second-order valence-corrected chi connectivity index (χ2v) is 5.20. The lowest BCUT2D eigenvalue weighted by Crippen LogP contribution is -2.16. The third-order valence-corrected chi connectivity index (χ3v) is 3.63. The number of halogens is 2. The van der Waals surface area contributed by atoms with Crippen LogP contribution in [-0.2, 0) is 0 Å². The summed E-state index contributed by atoms with van der Waals surface area (Å²) in [6.07, 6.45) is 3.90. The van der Waals surface area contributed by atoms with Crippen LogP contribution in [0, 0.1) is 0 Å². The number of benzene rings is 1. The molecule has 1 heterocycles. The summed E-state index contributed by atoms with van der Waals surface area (Å²) in [6, 6.07) is 4.08. The van der Waals surface area contributed by atoms with E-state index in [0.717, 1.165) is 10.8 Å². The smallest absolute Gasteiger partial charge is 0.348 e. The van der Waals surface area contributed by atoms with Gasteiger partial charge >= 0.3 is 11.7 Å². The standard InChI is InChI=1S/C17H15ClFN3O4/c1-3-4-5-13(19)12(9-18)15-20-17(25)22(21-15)10-6-7-14(26-2)11(8-10)16(23)24/h3-8H,1,9H2,2H3,(H,23,24)(H,20,21,25)/b5-4-,13-12-. The Balaban J connectivity index is 2.56. The minimum atomic E-state index is -1.23.